The standard InChI is InChI=1S/C56H99NO5/c1-4-7-10-13-16-19-22-25-28-30-33-36-39-42-45-48-54(59)53(51-58)57-55(60)50-52(47-44-41-38-35-32-29-26-23-20-17-14-11-8-5-2)62-56(61)49-46-43-40-37-34-31-27-24-21-18-15-12-9-6-3/h8-9,11-12,17-18,20-21,26,29,35,38,52-54,58-59H,4-7,10,13-16,19,22-25,27-28,30-34,36-37,39-51H2,1-3H3,(H,57,60)/b11-8+,12-9+,20-17+,21-18+,29-26+,38-35+. The van der Waals surface area contributed by atoms with Crippen molar-refractivity contribution in [2.75, 3.05) is 6.61 Å². The summed E-state index contributed by atoms with van der Waals surface area (Å²) in [7, 11) is 0. The zero-order chi connectivity index (χ0) is 45.2. The van der Waals surface area contributed by atoms with Crippen LogP contribution in [-0.2, 0) is 14.3 Å². The normalized spacial score (nSPS) is 13.8. The molecule has 0 aromatic heterocycles. The fourth-order valence-corrected chi connectivity index (χ4v) is 7.64. The average Bonchev–Trinajstić information content (AvgIpc) is 3.26. The first-order valence-corrected chi connectivity index (χ1v) is 26.2. The minimum absolute atomic E-state index is 0.0345. The van der Waals surface area contributed by atoms with Crippen LogP contribution in [-0.4, -0.2) is 46.9 Å². The highest BCUT2D eigenvalue weighted by atomic mass is 16.5. The number of aliphatic hydroxyl groups excluding tert-OH is 2. The number of esters is 1. The Balaban J connectivity index is 4.64. The molecule has 6 heteroatoms. The quantitative estimate of drug-likeness (QED) is 0.0322. The van der Waals surface area contributed by atoms with E-state index in [2.05, 4.69) is 99.0 Å². The minimum Gasteiger partial charge on any atom is -0.462 e. The third-order valence-electron chi connectivity index (χ3n) is 11.5. The van der Waals surface area contributed by atoms with Crippen molar-refractivity contribution in [3.05, 3.63) is 72.9 Å². The molecule has 0 bridgehead atoms. The van der Waals surface area contributed by atoms with Gasteiger partial charge in [0.1, 0.15) is 6.10 Å². The lowest BCUT2D eigenvalue weighted by Gasteiger charge is -2.24. The van der Waals surface area contributed by atoms with Gasteiger partial charge in [0.15, 0.2) is 0 Å². The number of ether oxygens (including phenoxy) is 1. The molecule has 0 aliphatic heterocycles. The van der Waals surface area contributed by atoms with Gasteiger partial charge in [-0.1, -0.05) is 222 Å². The van der Waals surface area contributed by atoms with Crippen LogP contribution >= 0.6 is 0 Å². The molecule has 0 rings (SSSR count). The fraction of sp³-hybridized carbons (Fsp3) is 0.750. The summed E-state index contributed by atoms with van der Waals surface area (Å²) in [5.41, 5.74) is 0. The lowest BCUT2D eigenvalue weighted by atomic mass is 10.0. The van der Waals surface area contributed by atoms with E-state index in [9.17, 15) is 19.8 Å². The van der Waals surface area contributed by atoms with E-state index in [0.717, 1.165) is 96.3 Å². The first kappa shape index (κ1) is 59.3. The van der Waals surface area contributed by atoms with Crippen LogP contribution < -0.4 is 5.32 Å². The maximum Gasteiger partial charge on any atom is 0.306 e. The first-order chi connectivity index (χ1) is 30.5. The fourth-order valence-electron chi connectivity index (χ4n) is 7.64. The van der Waals surface area contributed by atoms with E-state index in [1.165, 1.54) is 103 Å². The number of amides is 1. The zero-order valence-corrected chi connectivity index (χ0v) is 40.7. The Hall–Kier alpha value is -2.70. The number of nitrogens with one attached hydrogen (secondary N) is 1. The molecule has 3 N–H and O–H groups in total. The highest BCUT2D eigenvalue weighted by molar-refractivity contribution is 5.77. The van der Waals surface area contributed by atoms with Crippen molar-refractivity contribution in [1.29, 1.82) is 0 Å². The van der Waals surface area contributed by atoms with Gasteiger partial charge in [-0.25, -0.2) is 0 Å². The minimum atomic E-state index is -0.806. The largest absolute Gasteiger partial charge is 0.462 e. The summed E-state index contributed by atoms with van der Waals surface area (Å²) >= 11 is 0. The highest BCUT2D eigenvalue weighted by Crippen LogP contribution is 2.17. The summed E-state index contributed by atoms with van der Waals surface area (Å²) in [6.45, 7) is 6.25. The maximum absolute atomic E-state index is 13.2. The Labute approximate surface area is 383 Å². The molecule has 0 aliphatic rings. The van der Waals surface area contributed by atoms with E-state index < -0.39 is 18.2 Å². The van der Waals surface area contributed by atoms with E-state index in [1.807, 2.05) is 0 Å². The molecule has 62 heavy (non-hydrogen) atoms. The molecular formula is C56H99NO5. The first-order valence-electron chi connectivity index (χ1n) is 26.2. The van der Waals surface area contributed by atoms with Crippen molar-refractivity contribution in [3.8, 4) is 0 Å². The second-order valence-corrected chi connectivity index (χ2v) is 17.5. The number of allylic oxidation sites excluding steroid dienone is 12. The molecule has 358 valence electrons. The van der Waals surface area contributed by atoms with Gasteiger partial charge in [0, 0.05) is 6.42 Å². The Morgan fingerprint density at radius 1 is 0.484 bits per heavy atom. The Bertz CT molecular complexity index is 1150. The van der Waals surface area contributed by atoms with Gasteiger partial charge in [0.2, 0.25) is 5.91 Å². The molecule has 0 aliphatic carbocycles. The summed E-state index contributed by atoms with van der Waals surface area (Å²) in [5.74, 6) is -0.538. The van der Waals surface area contributed by atoms with Crippen LogP contribution in [0.15, 0.2) is 72.9 Å². The van der Waals surface area contributed by atoms with Gasteiger partial charge in [0.25, 0.3) is 0 Å². The van der Waals surface area contributed by atoms with Crippen LogP contribution in [0.3, 0.4) is 0 Å². The third kappa shape index (κ3) is 43.9. The number of rotatable bonds is 46. The number of hydrogen-bond acceptors (Lipinski definition) is 5. The van der Waals surface area contributed by atoms with Gasteiger partial charge in [-0.2, -0.15) is 0 Å². The monoisotopic (exact) mass is 866 g/mol. The van der Waals surface area contributed by atoms with Crippen molar-refractivity contribution in [3.63, 3.8) is 0 Å². The topological polar surface area (TPSA) is 95.9 Å². The van der Waals surface area contributed by atoms with Gasteiger partial charge in [-0.3, -0.25) is 9.59 Å². The zero-order valence-electron chi connectivity index (χ0n) is 40.7. The van der Waals surface area contributed by atoms with Crippen LogP contribution in [0.4, 0.5) is 0 Å². The molecule has 0 aromatic carbocycles. The highest BCUT2D eigenvalue weighted by Gasteiger charge is 2.24. The van der Waals surface area contributed by atoms with E-state index >= 15 is 0 Å². The number of carbonyl (C=O) groups excluding carboxylic acids is 2. The van der Waals surface area contributed by atoms with Gasteiger partial charge in [-0.05, 0) is 83.5 Å². The summed E-state index contributed by atoms with van der Waals surface area (Å²) < 4.78 is 5.90. The van der Waals surface area contributed by atoms with Gasteiger partial charge in [0.05, 0.1) is 25.2 Å². The summed E-state index contributed by atoms with van der Waals surface area (Å²) in [6, 6.07) is -0.723. The third-order valence-corrected chi connectivity index (χ3v) is 11.5. The van der Waals surface area contributed by atoms with E-state index in [4.69, 9.17) is 4.74 Å². The molecule has 0 saturated carbocycles. The molecule has 0 aromatic rings. The van der Waals surface area contributed by atoms with Crippen LogP contribution in [0.5, 0.6) is 0 Å². The molecule has 0 radical (unpaired) electrons. The van der Waals surface area contributed by atoms with Crippen LogP contribution in [0.2, 0.25) is 0 Å². The predicted octanol–water partition coefficient (Wildman–Crippen LogP) is 15.8. The molecule has 3 atom stereocenters. The lowest BCUT2D eigenvalue weighted by molar-refractivity contribution is -0.151. The molecule has 6 nitrogen and oxygen atoms in total. The average molecular weight is 866 g/mol. The predicted molar refractivity (Wildman–Crippen MR) is 268 cm³/mol. The maximum atomic E-state index is 13.2. The second-order valence-electron chi connectivity index (χ2n) is 17.5. The van der Waals surface area contributed by atoms with Gasteiger partial charge < -0.3 is 20.3 Å². The van der Waals surface area contributed by atoms with Crippen LogP contribution in [0, 0.1) is 0 Å². The van der Waals surface area contributed by atoms with Gasteiger partial charge in [-0.15, -0.1) is 0 Å². The molecule has 3 unspecified atom stereocenters. The van der Waals surface area contributed by atoms with Crippen molar-refractivity contribution in [1.82, 2.24) is 5.32 Å². The molecule has 0 fully saturated rings. The van der Waals surface area contributed by atoms with Crippen molar-refractivity contribution >= 4 is 11.9 Å². The Morgan fingerprint density at radius 2 is 0.887 bits per heavy atom. The molecule has 1 amide bonds. The van der Waals surface area contributed by atoms with E-state index in [-0.39, 0.29) is 24.9 Å². The van der Waals surface area contributed by atoms with E-state index in [1.54, 1.807) is 0 Å². The SMILES string of the molecule is CC/C=C/C/C=C/C/C=C/C/C=C/CCCC(CC(=O)NC(CO)C(O)CCCCCCCCCCCCCCCCC)OC(=O)CCCCCCCCC/C=C/C/C=C/CC. The molecular weight excluding hydrogens is 767 g/mol. The number of carbonyl (C=O) groups is 2. The molecule has 0 spiro atoms. The number of aliphatic hydroxyl groups is 2. The second kappa shape index (κ2) is 49.3. The number of hydrogen-bond donors (Lipinski definition) is 3. The Morgan fingerprint density at radius 3 is 1.35 bits per heavy atom. The Kier molecular flexibility index (Phi) is 47.2. The van der Waals surface area contributed by atoms with E-state index in [0.29, 0.717) is 19.3 Å². The molecule has 0 heterocycles. The van der Waals surface area contributed by atoms with Crippen molar-refractivity contribution < 1.29 is 24.5 Å². The summed E-state index contributed by atoms with van der Waals surface area (Å²) in [4.78, 5) is 26.1. The van der Waals surface area contributed by atoms with Crippen molar-refractivity contribution in [2.24, 2.45) is 0 Å². The summed E-state index contributed by atoms with van der Waals surface area (Å²) in [6.07, 6.45) is 62.5. The van der Waals surface area contributed by atoms with Crippen LogP contribution in [0.25, 0.3) is 0 Å². The lowest BCUT2D eigenvalue weighted by Crippen LogP contribution is -2.46. The smallest absolute Gasteiger partial charge is 0.306 e. The van der Waals surface area contributed by atoms with Gasteiger partial charge >= 0.3 is 5.97 Å². The summed E-state index contributed by atoms with van der Waals surface area (Å²) in [5, 5.41) is 23.8. The number of unbranched alkanes of at least 4 members (excludes halogenated alkanes) is 22. The van der Waals surface area contributed by atoms with Crippen molar-refractivity contribution in [2.45, 2.75) is 264 Å². The molecule has 0 saturated heterocycles. The van der Waals surface area contributed by atoms with Crippen LogP contribution in [0.1, 0.15) is 245 Å².